The highest BCUT2D eigenvalue weighted by atomic mass is 35.5. The molecule has 3 aromatic rings. The number of hydrogen-bond donors (Lipinski definition) is 1. The van der Waals surface area contributed by atoms with Crippen LogP contribution in [-0.4, -0.2) is 22.8 Å². The summed E-state index contributed by atoms with van der Waals surface area (Å²) in [6.45, 7) is 0.579. The van der Waals surface area contributed by atoms with Gasteiger partial charge in [-0.05, 0) is 23.8 Å². The van der Waals surface area contributed by atoms with Gasteiger partial charge < -0.3 is 9.88 Å². The van der Waals surface area contributed by atoms with Crippen molar-refractivity contribution >= 4 is 28.4 Å². The van der Waals surface area contributed by atoms with Crippen molar-refractivity contribution in [2.75, 3.05) is 7.05 Å². The van der Waals surface area contributed by atoms with Gasteiger partial charge in [0.25, 0.3) is 5.91 Å². The second-order valence-corrected chi connectivity index (χ2v) is 5.50. The fourth-order valence-electron chi connectivity index (χ4n) is 2.35. The summed E-state index contributed by atoms with van der Waals surface area (Å²) in [5.41, 5.74) is 2.55. The van der Waals surface area contributed by atoms with Crippen LogP contribution in [0.5, 0.6) is 0 Å². The number of nitrogens with one attached hydrogen (secondary N) is 1. The van der Waals surface area contributed by atoms with Crippen molar-refractivity contribution in [1.82, 2.24) is 9.88 Å². The predicted octanol–water partition coefficient (Wildman–Crippen LogP) is 4.09. The van der Waals surface area contributed by atoms with E-state index in [2.05, 4.69) is 4.98 Å². The Hall–Kier alpha value is -2.26. The molecule has 4 heteroatoms. The van der Waals surface area contributed by atoms with Crippen molar-refractivity contribution < 1.29 is 4.79 Å². The van der Waals surface area contributed by atoms with E-state index in [4.69, 9.17) is 11.6 Å². The van der Waals surface area contributed by atoms with E-state index in [1.807, 2.05) is 54.6 Å². The molecular formula is C17H15ClN2O. The minimum Gasteiger partial charge on any atom is -0.350 e. The number of nitrogens with zero attached hydrogens (tertiary/aromatic N) is 1. The summed E-state index contributed by atoms with van der Waals surface area (Å²) in [5, 5.41) is 1.64. The zero-order chi connectivity index (χ0) is 14.8. The molecule has 0 saturated carbocycles. The second-order valence-electron chi connectivity index (χ2n) is 5.06. The fraction of sp³-hybridized carbons (Fsp3) is 0.118. The first-order chi connectivity index (χ1) is 10.1. The van der Waals surface area contributed by atoms with E-state index in [1.165, 1.54) is 0 Å². The maximum absolute atomic E-state index is 12.5. The van der Waals surface area contributed by atoms with Crippen molar-refractivity contribution in [3.8, 4) is 0 Å². The molecule has 0 atom stereocenters. The van der Waals surface area contributed by atoms with E-state index < -0.39 is 0 Å². The van der Waals surface area contributed by atoms with Gasteiger partial charge in [0.1, 0.15) is 5.69 Å². The number of H-pyrrole nitrogens is 1. The lowest BCUT2D eigenvalue weighted by atomic mass is 10.2. The van der Waals surface area contributed by atoms with Crippen LogP contribution in [0, 0.1) is 0 Å². The molecule has 1 N–H and O–H groups in total. The number of aromatic nitrogens is 1. The molecule has 1 heterocycles. The molecule has 3 nitrogen and oxygen atoms in total. The predicted molar refractivity (Wildman–Crippen MR) is 85.5 cm³/mol. The van der Waals surface area contributed by atoms with Crippen LogP contribution in [0.2, 0.25) is 5.02 Å². The van der Waals surface area contributed by atoms with E-state index in [0.29, 0.717) is 17.3 Å². The van der Waals surface area contributed by atoms with Crippen molar-refractivity contribution in [3.05, 3.63) is 70.9 Å². The number of carbonyl (C=O) groups excluding carboxylic acids is 1. The lowest BCUT2D eigenvalue weighted by molar-refractivity contribution is 0.0780. The van der Waals surface area contributed by atoms with Gasteiger partial charge in [-0.15, -0.1) is 0 Å². The van der Waals surface area contributed by atoms with Crippen LogP contribution in [0.4, 0.5) is 0 Å². The van der Waals surface area contributed by atoms with E-state index in [-0.39, 0.29) is 5.91 Å². The number of benzene rings is 2. The number of carbonyl (C=O) groups is 1. The van der Waals surface area contributed by atoms with Gasteiger partial charge in [0, 0.05) is 29.5 Å². The average molecular weight is 299 g/mol. The third-order valence-electron chi connectivity index (χ3n) is 3.42. The molecule has 0 radical (unpaired) electrons. The van der Waals surface area contributed by atoms with Crippen LogP contribution in [0.3, 0.4) is 0 Å². The second kappa shape index (κ2) is 5.62. The minimum atomic E-state index is -0.0359. The van der Waals surface area contributed by atoms with Crippen molar-refractivity contribution in [1.29, 1.82) is 0 Å². The van der Waals surface area contributed by atoms with Gasteiger partial charge in [0.15, 0.2) is 0 Å². The minimum absolute atomic E-state index is 0.0359. The Balaban J connectivity index is 1.82. The number of aromatic amines is 1. The summed E-state index contributed by atoms with van der Waals surface area (Å²) in [6, 6.07) is 17.3. The van der Waals surface area contributed by atoms with Crippen molar-refractivity contribution in [2.24, 2.45) is 0 Å². The van der Waals surface area contributed by atoms with Gasteiger partial charge in [-0.25, -0.2) is 0 Å². The molecule has 21 heavy (non-hydrogen) atoms. The van der Waals surface area contributed by atoms with Gasteiger partial charge >= 0.3 is 0 Å². The van der Waals surface area contributed by atoms with E-state index in [1.54, 1.807) is 11.9 Å². The molecule has 0 bridgehead atoms. The number of rotatable bonds is 3. The summed E-state index contributed by atoms with van der Waals surface area (Å²) >= 11 is 5.96. The van der Waals surface area contributed by atoms with E-state index >= 15 is 0 Å². The highest BCUT2D eigenvalue weighted by molar-refractivity contribution is 6.31. The Morgan fingerprint density at radius 1 is 1.14 bits per heavy atom. The molecule has 0 fully saturated rings. The van der Waals surface area contributed by atoms with Crippen LogP contribution >= 0.6 is 11.6 Å². The van der Waals surface area contributed by atoms with Crippen LogP contribution in [-0.2, 0) is 6.54 Å². The quantitative estimate of drug-likeness (QED) is 0.776. The third-order valence-corrected chi connectivity index (χ3v) is 3.66. The molecule has 0 unspecified atom stereocenters. The Labute approximate surface area is 128 Å². The van der Waals surface area contributed by atoms with Crippen LogP contribution in [0.15, 0.2) is 54.6 Å². The topological polar surface area (TPSA) is 36.1 Å². The van der Waals surface area contributed by atoms with Gasteiger partial charge in [-0.3, -0.25) is 4.79 Å². The molecular weight excluding hydrogens is 284 g/mol. The normalized spacial score (nSPS) is 10.8. The molecule has 1 aromatic heterocycles. The van der Waals surface area contributed by atoms with Gasteiger partial charge in [-0.1, -0.05) is 48.0 Å². The zero-order valence-corrected chi connectivity index (χ0v) is 12.4. The Morgan fingerprint density at radius 3 is 2.67 bits per heavy atom. The summed E-state index contributed by atoms with van der Waals surface area (Å²) in [6.07, 6.45) is 0. The summed E-state index contributed by atoms with van der Waals surface area (Å²) in [7, 11) is 1.80. The van der Waals surface area contributed by atoms with E-state index in [0.717, 1.165) is 16.5 Å². The van der Waals surface area contributed by atoms with Crippen LogP contribution in [0.1, 0.15) is 16.1 Å². The van der Waals surface area contributed by atoms with Gasteiger partial charge in [-0.2, -0.15) is 0 Å². The first-order valence-electron chi connectivity index (χ1n) is 6.71. The first kappa shape index (κ1) is 13.7. The Bertz CT molecular complexity index is 780. The number of halogens is 1. The fourth-order valence-corrected chi connectivity index (χ4v) is 2.52. The molecule has 106 valence electrons. The maximum atomic E-state index is 12.5. The standard InChI is InChI=1S/C17H15ClN2O/c1-20(11-12-5-3-2-4-6-12)17(21)16-9-13-7-8-14(18)10-15(13)19-16/h2-10,19H,11H2,1H3. The van der Waals surface area contributed by atoms with Gasteiger partial charge in [0.2, 0.25) is 0 Å². The smallest absolute Gasteiger partial charge is 0.270 e. The number of hydrogen-bond acceptors (Lipinski definition) is 1. The molecule has 3 rings (SSSR count). The first-order valence-corrected chi connectivity index (χ1v) is 7.09. The Morgan fingerprint density at radius 2 is 1.90 bits per heavy atom. The average Bonchev–Trinajstić information content (AvgIpc) is 2.90. The SMILES string of the molecule is CN(Cc1ccccc1)C(=O)c1cc2ccc(Cl)cc2[nH]1. The molecule has 0 aliphatic carbocycles. The molecule has 0 aliphatic rings. The molecule has 2 aromatic carbocycles. The number of fused-ring (bicyclic) bond motifs is 1. The molecule has 1 amide bonds. The molecule has 0 aliphatic heterocycles. The molecule has 0 saturated heterocycles. The lowest BCUT2D eigenvalue weighted by Crippen LogP contribution is -2.26. The van der Waals surface area contributed by atoms with Crippen LogP contribution < -0.4 is 0 Å². The summed E-state index contributed by atoms with van der Waals surface area (Å²) in [5.74, 6) is -0.0359. The Kier molecular flexibility index (Phi) is 3.67. The van der Waals surface area contributed by atoms with Gasteiger partial charge in [0.05, 0.1) is 0 Å². The molecule has 0 spiro atoms. The van der Waals surface area contributed by atoms with E-state index in [9.17, 15) is 4.79 Å². The third kappa shape index (κ3) is 2.93. The van der Waals surface area contributed by atoms with Crippen molar-refractivity contribution in [3.63, 3.8) is 0 Å². The van der Waals surface area contributed by atoms with Crippen LogP contribution in [0.25, 0.3) is 10.9 Å². The largest absolute Gasteiger partial charge is 0.350 e. The number of amides is 1. The zero-order valence-electron chi connectivity index (χ0n) is 11.6. The summed E-state index contributed by atoms with van der Waals surface area (Å²) < 4.78 is 0. The highest BCUT2D eigenvalue weighted by Crippen LogP contribution is 2.20. The highest BCUT2D eigenvalue weighted by Gasteiger charge is 2.14. The maximum Gasteiger partial charge on any atom is 0.270 e. The van der Waals surface area contributed by atoms with Crippen molar-refractivity contribution in [2.45, 2.75) is 6.54 Å². The lowest BCUT2D eigenvalue weighted by Gasteiger charge is -2.16. The summed E-state index contributed by atoms with van der Waals surface area (Å²) in [4.78, 5) is 17.3. The monoisotopic (exact) mass is 298 g/mol.